The standard InChI is InChI=1S/C11H16O6S2.Na/c1-8(19(12,13)14)2-3-15-4-9-5-16-10-6-18-7-11(10)17-9;/h6-9H,2-5H2,1H3,(H,12,13,14);. The number of rotatable bonds is 6. The molecule has 1 N–H and O–H groups in total. The van der Waals surface area contributed by atoms with Gasteiger partial charge < -0.3 is 14.2 Å². The van der Waals surface area contributed by atoms with Crippen molar-refractivity contribution in [2.24, 2.45) is 0 Å². The third-order valence-electron chi connectivity index (χ3n) is 2.79. The Hall–Kier alpha value is 0.170. The van der Waals surface area contributed by atoms with E-state index in [0.717, 1.165) is 11.5 Å². The van der Waals surface area contributed by atoms with E-state index in [-0.39, 0.29) is 48.7 Å². The molecular weight excluding hydrogens is 315 g/mol. The van der Waals surface area contributed by atoms with Gasteiger partial charge in [0.05, 0.1) is 11.9 Å². The molecule has 6 nitrogen and oxygen atoms in total. The van der Waals surface area contributed by atoms with Crippen molar-refractivity contribution in [3.05, 3.63) is 10.8 Å². The third-order valence-corrected chi connectivity index (χ3v) is 4.75. The summed E-state index contributed by atoms with van der Waals surface area (Å²) in [7, 11) is -3.98. The van der Waals surface area contributed by atoms with E-state index in [2.05, 4.69) is 0 Å². The molecule has 1 radical (unpaired) electrons. The molecular formula is C11H16NaO6S2. The molecule has 0 saturated carbocycles. The van der Waals surface area contributed by atoms with Crippen LogP contribution < -0.4 is 9.47 Å². The zero-order chi connectivity index (χ0) is 13.9. The predicted octanol–water partition coefficient (Wildman–Crippen LogP) is 1.19. The van der Waals surface area contributed by atoms with Gasteiger partial charge in [-0.2, -0.15) is 8.42 Å². The van der Waals surface area contributed by atoms with Crippen molar-refractivity contribution in [1.82, 2.24) is 0 Å². The summed E-state index contributed by atoms with van der Waals surface area (Å²) >= 11 is 1.51. The molecule has 1 aliphatic rings. The monoisotopic (exact) mass is 331 g/mol. The SMILES string of the molecule is CC(CCOCC1COc2cscc2O1)S(=O)(=O)O.[Na]. The maximum absolute atomic E-state index is 10.8. The maximum Gasteiger partial charge on any atom is 0.267 e. The predicted molar refractivity (Wildman–Crippen MR) is 76.4 cm³/mol. The van der Waals surface area contributed by atoms with Crippen molar-refractivity contribution in [2.45, 2.75) is 24.7 Å². The molecule has 1 aromatic heterocycles. The van der Waals surface area contributed by atoms with Crippen molar-refractivity contribution in [3.63, 3.8) is 0 Å². The third kappa shape index (κ3) is 5.18. The van der Waals surface area contributed by atoms with Gasteiger partial charge in [0.15, 0.2) is 17.6 Å². The van der Waals surface area contributed by atoms with Crippen molar-refractivity contribution in [2.75, 3.05) is 19.8 Å². The van der Waals surface area contributed by atoms with Gasteiger partial charge in [-0.05, 0) is 13.3 Å². The Kier molecular flexibility index (Phi) is 7.27. The summed E-state index contributed by atoms with van der Waals surface area (Å²) in [5.74, 6) is 1.47. The molecule has 2 heterocycles. The zero-order valence-corrected chi connectivity index (χ0v) is 15.1. The number of ether oxygens (including phenoxy) is 3. The Bertz CT molecular complexity index is 515. The number of hydrogen-bond donors (Lipinski definition) is 1. The first-order valence-electron chi connectivity index (χ1n) is 5.86. The zero-order valence-electron chi connectivity index (χ0n) is 11.4. The maximum atomic E-state index is 10.8. The number of hydrogen-bond acceptors (Lipinski definition) is 6. The van der Waals surface area contributed by atoms with Gasteiger partial charge >= 0.3 is 0 Å². The van der Waals surface area contributed by atoms with Gasteiger partial charge in [-0.15, -0.1) is 11.3 Å². The molecule has 0 fully saturated rings. The first kappa shape index (κ1) is 18.2. The van der Waals surface area contributed by atoms with Crippen molar-refractivity contribution < 1.29 is 27.2 Å². The van der Waals surface area contributed by atoms with Crippen LogP contribution in [0.15, 0.2) is 10.8 Å². The Morgan fingerprint density at radius 3 is 2.90 bits per heavy atom. The van der Waals surface area contributed by atoms with Crippen LogP contribution in [0.2, 0.25) is 0 Å². The molecule has 2 unspecified atom stereocenters. The van der Waals surface area contributed by atoms with E-state index < -0.39 is 15.4 Å². The van der Waals surface area contributed by atoms with Gasteiger partial charge in [-0.25, -0.2) is 0 Å². The summed E-state index contributed by atoms with van der Waals surface area (Å²) in [4.78, 5) is 0. The minimum Gasteiger partial charge on any atom is -0.485 e. The summed E-state index contributed by atoms with van der Waals surface area (Å²) in [6.45, 7) is 2.43. The van der Waals surface area contributed by atoms with Crippen LogP contribution in [0.3, 0.4) is 0 Å². The number of thiophene rings is 1. The first-order valence-corrected chi connectivity index (χ1v) is 8.31. The van der Waals surface area contributed by atoms with E-state index in [4.69, 9.17) is 18.8 Å². The molecule has 0 amide bonds. The summed E-state index contributed by atoms with van der Waals surface area (Å²) in [6, 6.07) is 0. The van der Waals surface area contributed by atoms with E-state index in [1.165, 1.54) is 18.3 Å². The molecule has 109 valence electrons. The Morgan fingerprint density at radius 2 is 2.20 bits per heavy atom. The minimum absolute atomic E-state index is 0. The van der Waals surface area contributed by atoms with Gasteiger partial charge in [-0.3, -0.25) is 4.55 Å². The average Bonchev–Trinajstić information content (AvgIpc) is 2.80. The minimum atomic E-state index is -3.98. The summed E-state index contributed by atoms with van der Waals surface area (Å²) < 4.78 is 46.8. The Morgan fingerprint density at radius 1 is 1.50 bits per heavy atom. The molecule has 0 aromatic carbocycles. The molecule has 9 heteroatoms. The normalized spacial score (nSPS) is 19.2. The smallest absolute Gasteiger partial charge is 0.267 e. The largest absolute Gasteiger partial charge is 0.485 e. The van der Waals surface area contributed by atoms with Gasteiger partial charge in [0, 0.05) is 46.9 Å². The fourth-order valence-corrected chi connectivity index (χ4v) is 2.62. The van der Waals surface area contributed by atoms with E-state index in [0.29, 0.717) is 13.2 Å². The molecule has 0 saturated heterocycles. The van der Waals surface area contributed by atoms with Crippen molar-refractivity contribution in [1.29, 1.82) is 0 Å². The van der Waals surface area contributed by atoms with Crippen molar-refractivity contribution >= 4 is 51.0 Å². The molecule has 0 aliphatic carbocycles. The van der Waals surface area contributed by atoms with Crippen LogP contribution >= 0.6 is 11.3 Å². The van der Waals surface area contributed by atoms with E-state index >= 15 is 0 Å². The van der Waals surface area contributed by atoms with Gasteiger partial charge in [0.2, 0.25) is 0 Å². The summed E-state index contributed by atoms with van der Waals surface area (Å²) in [5, 5.41) is 2.92. The second kappa shape index (κ2) is 7.98. The number of fused-ring (bicyclic) bond motifs is 1. The fourth-order valence-electron chi connectivity index (χ4n) is 1.56. The topological polar surface area (TPSA) is 82.1 Å². The van der Waals surface area contributed by atoms with Gasteiger partial charge in [0.25, 0.3) is 10.1 Å². The molecule has 1 aromatic rings. The fraction of sp³-hybridized carbons (Fsp3) is 0.636. The summed E-state index contributed by atoms with van der Waals surface area (Å²) in [6.07, 6.45) is 0.0546. The van der Waals surface area contributed by atoms with Crippen LogP contribution in [-0.4, -0.2) is 73.7 Å². The molecule has 0 bridgehead atoms. The van der Waals surface area contributed by atoms with Gasteiger partial charge in [-0.1, -0.05) is 0 Å². The van der Waals surface area contributed by atoms with E-state index in [9.17, 15) is 8.42 Å². The molecule has 20 heavy (non-hydrogen) atoms. The van der Waals surface area contributed by atoms with Crippen LogP contribution in [0.4, 0.5) is 0 Å². The quantitative estimate of drug-likeness (QED) is 0.479. The Balaban J connectivity index is 0.00000200. The van der Waals surface area contributed by atoms with Crippen LogP contribution in [0, 0.1) is 0 Å². The van der Waals surface area contributed by atoms with Crippen LogP contribution in [0.5, 0.6) is 11.5 Å². The van der Waals surface area contributed by atoms with Gasteiger partial charge in [0.1, 0.15) is 6.61 Å². The average molecular weight is 331 g/mol. The molecule has 2 rings (SSSR count). The van der Waals surface area contributed by atoms with Crippen molar-refractivity contribution in [3.8, 4) is 11.5 Å². The van der Waals surface area contributed by atoms with Crippen LogP contribution in [-0.2, 0) is 14.9 Å². The second-order valence-corrected chi connectivity index (χ2v) is 6.92. The van der Waals surface area contributed by atoms with Crippen LogP contribution in [0.25, 0.3) is 0 Å². The second-order valence-electron chi connectivity index (χ2n) is 4.34. The first-order chi connectivity index (χ1) is 8.97. The summed E-state index contributed by atoms with van der Waals surface area (Å²) in [5.41, 5.74) is 0. The molecule has 1 aliphatic heterocycles. The molecule has 2 atom stereocenters. The van der Waals surface area contributed by atoms with E-state index in [1.807, 2.05) is 10.8 Å². The Labute approximate surface area is 144 Å². The molecule has 0 spiro atoms. The van der Waals surface area contributed by atoms with E-state index in [1.54, 1.807) is 0 Å². The van der Waals surface area contributed by atoms with Crippen LogP contribution in [0.1, 0.15) is 13.3 Å².